The van der Waals surface area contributed by atoms with Gasteiger partial charge in [-0.2, -0.15) is 0 Å². The van der Waals surface area contributed by atoms with Crippen molar-refractivity contribution >= 4 is 25.8 Å². The van der Waals surface area contributed by atoms with Crippen LogP contribution < -0.4 is 4.72 Å². The predicted molar refractivity (Wildman–Crippen MR) is 114 cm³/mol. The summed E-state index contributed by atoms with van der Waals surface area (Å²) >= 11 is 0. The van der Waals surface area contributed by atoms with E-state index in [4.69, 9.17) is 0 Å². The van der Waals surface area contributed by atoms with Gasteiger partial charge in [-0.3, -0.25) is 4.79 Å². The monoisotopic (exact) mass is 444 g/mol. The van der Waals surface area contributed by atoms with Crippen molar-refractivity contribution in [2.24, 2.45) is 5.92 Å². The molecule has 1 aromatic carbocycles. The van der Waals surface area contributed by atoms with Crippen LogP contribution in [0.15, 0.2) is 29.2 Å². The van der Waals surface area contributed by atoms with Gasteiger partial charge >= 0.3 is 0 Å². The smallest absolute Gasteiger partial charge is 0.240 e. The van der Waals surface area contributed by atoms with Crippen LogP contribution >= 0.6 is 0 Å². The number of rotatable bonds is 8. The summed E-state index contributed by atoms with van der Waals surface area (Å²) in [6.45, 7) is 10.2. The molecule has 1 amide bonds. The number of hydrogen-bond donors (Lipinski definition) is 1. The Kier molecular flexibility index (Phi) is 7.17. The van der Waals surface area contributed by atoms with Gasteiger partial charge in [0.15, 0.2) is 9.84 Å². The van der Waals surface area contributed by atoms with Gasteiger partial charge in [0.2, 0.25) is 15.9 Å². The highest BCUT2D eigenvalue weighted by atomic mass is 32.2. The number of nitrogens with zero attached hydrogens (tertiary/aromatic N) is 1. The number of sulfone groups is 1. The van der Waals surface area contributed by atoms with Crippen LogP contribution in [0.3, 0.4) is 0 Å². The first-order valence-electron chi connectivity index (χ1n) is 9.82. The summed E-state index contributed by atoms with van der Waals surface area (Å²) in [5.41, 5.74) is 0.964. The maximum absolute atomic E-state index is 12.4. The minimum absolute atomic E-state index is 0.00372. The Morgan fingerprint density at radius 2 is 1.66 bits per heavy atom. The first kappa shape index (κ1) is 23.8. The van der Waals surface area contributed by atoms with Crippen molar-refractivity contribution in [3.8, 4) is 0 Å². The normalized spacial score (nSPS) is 16.1. The Morgan fingerprint density at radius 3 is 2.14 bits per heavy atom. The number of sulfonamides is 1. The Morgan fingerprint density at radius 1 is 1.10 bits per heavy atom. The Hall–Kier alpha value is -1.45. The molecule has 2 rings (SSSR count). The first-order chi connectivity index (χ1) is 13.2. The molecule has 0 radical (unpaired) electrons. The molecule has 1 fully saturated rings. The van der Waals surface area contributed by atoms with Gasteiger partial charge in [0.1, 0.15) is 0 Å². The van der Waals surface area contributed by atoms with Crippen molar-refractivity contribution in [1.82, 2.24) is 9.62 Å². The number of nitrogens with one attached hydrogen (secondary N) is 1. The molecule has 0 aromatic heterocycles. The van der Waals surface area contributed by atoms with Crippen molar-refractivity contribution in [2.75, 3.05) is 25.4 Å². The van der Waals surface area contributed by atoms with Crippen LogP contribution in [-0.4, -0.2) is 58.3 Å². The fraction of sp³-hybridized carbons (Fsp3) is 0.650. The van der Waals surface area contributed by atoms with E-state index in [9.17, 15) is 21.6 Å². The molecular formula is C20H32N2O5S2. The Bertz CT molecular complexity index is 924. The van der Waals surface area contributed by atoms with Crippen LogP contribution in [0.4, 0.5) is 0 Å². The van der Waals surface area contributed by atoms with Crippen molar-refractivity contribution in [3.63, 3.8) is 0 Å². The number of benzene rings is 1. The molecule has 0 unspecified atom stereocenters. The molecule has 164 valence electrons. The predicted octanol–water partition coefficient (Wildman–Crippen LogP) is 1.93. The van der Waals surface area contributed by atoms with Gasteiger partial charge in [0, 0.05) is 26.1 Å². The summed E-state index contributed by atoms with van der Waals surface area (Å²) < 4.78 is 51.5. The molecule has 1 aliphatic heterocycles. The molecule has 7 nitrogen and oxygen atoms in total. The van der Waals surface area contributed by atoms with Gasteiger partial charge in [-0.1, -0.05) is 46.8 Å². The van der Waals surface area contributed by atoms with Crippen molar-refractivity contribution in [2.45, 2.75) is 56.6 Å². The summed E-state index contributed by atoms with van der Waals surface area (Å²) in [5, 5.41) is -0.508. The first-order valence-corrected chi connectivity index (χ1v) is 13.0. The highest BCUT2D eigenvalue weighted by Gasteiger charge is 2.39. The summed E-state index contributed by atoms with van der Waals surface area (Å²) in [7, 11) is -6.89. The summed E-state index contributed by atoms with van der Waals surface area (Å²) in [6.07, 6.45) is -0.00372. The number of carbonyl (C=O) groups is 1. The lowest BCUT2D eigenvalue weighted by atomic mass is 9.87. The lowest BCUT2D eigenvalue weighted by molar-refractivity contribution is -0.134. The average molecular weight is 445 g/mol. The van der Waals surface area contributed by atoms with E-state index in [0.29, 0.717) is 0 Å². The van der Waals surface area contributed by atoms with Crippen molar-refractivity contribution < 1.29 is 21.6 Å². The van der Waals surface area contributed by atoms with E-state index in [1.807, 2.05) is 13.8 Å². The van der Waals surface area contributed by atoms with Crippen LogP contribution in [0, 0.1) is 5.92 Å². The van der Waals surface area contributed by atoms with E-state index in [1.165, 1.54) is 4.90 Å². The maximum Gasteiger partial charge on any atom is 0.240 e. The number of hydrogen-bond acceptors (Lipinski definition) is 5. The van der Waals surface area contributed by atoms with Crippen molar-refractivity contribution in [3.05, 3.63) is 29.8 Å². The molecule has 0 spiro atoms. The maximum atomic E-state index is 12.4. The molecule has 1 heterocycles. The standard InChI is InChI=1S/C20H32N2O5S2/c1-15(2)14-28(24,25)18-12-22(13-18)19(23)10-11-21-29(26,27)17-8-6-16(7-9-17)20(3,4)5/h6-9,15,18,21H,10-14H2,1-5H3. The minimum atomic E-state index is -3.70. The zero-order valence-electron chi connectivity index (χ0n) is 17.8. The topological polar surface area (TPSA) is 101 Å². The SMILES string of the molecule is CC(C)CS(=O)(=O)C1CN(C(=O)CCNS(=O)(=O)c2ccc(C(C)(C)C)cc2)C1. The van der Waals surface area contributed by atoms with E-state index in [1.54, 1.807) is 24.3 Å². The van der Waals surface area contributed by atoms with Crippen LogP contribution in [0.5, 0.6) is 0 Å². The van der Waals surface area contributed by atoms with Crippen LogP contribution in [0.1, 0.15) is 46.6 Å². The van der Waals surface area contributed by atoms with Crippen LogP contribution in [0.2, 0.25) is 0 Å². The third-order valence-corrected chi connectivity index (χ3v) is 8.86. The number of amides is 1. The molecule has 1 aromatic rings. The zero-order chi connectivity index (χ0) is 22.0. The highest BCUT2D eigenvalue weighted by Crippen LogP contribution is 2.23. The Labute approximate surface area is 174 Å². The second-order valence-electron chi connectivity index (χ2n) is 9.07. The summed E-state index contributed by atoms with van der Waals surface area (Å²) in [6, 6.07) is 6.70. The zero-order valence-corrected chi connectivity index (χ0v) is 19.4. The second kappa shape index (κ2) is 8.73. The third-order valence-electron chi connectivity index (χ3n) is 4.94. The molecular weight excluding hydrogens is 412 g/mol. The number of carbonyl (C=O) groups excluding carboxylic acids is 1. The largest absolute Gasteiger partial charge is 0.340 e. The summed E-state index contributed by atoms with van der Waals surface area (Å²) in [5.74, 6) is -0.0727. The molecule has 0 atom stereocenters. The molecule has 29 heavy (non-hydrogen) atoms. The molecule has 0 aliphatic carbocycles. The Balaban J connectivity index is 1.83. The van der Waals surface area contributed by atoms with Gasteiger partial charge in [0.05, 0.1) is 15.9 Å². The van der Waals surface area contributed by atoms with E-state index < -0.39 is 25.1 Å². The van der Waals surface area contributed by atoms with Gasteiger partial charge in [-0.05, 0) is 29.0 Å². The molecule has 0 saturated carbocycles. The molecule has 0 bridgehead atoms. The second-order valence-corrected chi connectivity index (χ2v) is 13.2. The lowest BCUT2D eigenvalue weighted by Crippen LogP contribution is -2.57. The van der Waals surface area contributed by atoms with Gasteiger partial charge in [-0.25, -0.2) is 21.6 Å². The van der Waals surface area contributed by atoms with E-state index in [2.05, 4.69) is 25.5 Å². The van der Waals surface area contributed by atoms with E-state index in [0.717, 1.165) is 5.56 Å². The van der Waals surface area contributed by atoms with E-state index >= 15 is 0 Å². The average Bonchev–Trinajstić information content (AvgIpc) is 2.51. The van der Waals surface area contributed by atoms with Gasteiger partial charge in [0.25, 0.3) is 0 Å². The molecule has 1 aliphatic rings. The molecule has 1 N–H and O–H groups in total. The number of likely N-dealkylation sites (tertiary alicyclic amines) is 1. The lowest BCUT2D eigenvalue weighted by Gasteiger charge is -2.39. The highest BCUT2D eigenvalue weighted by molar-refractivity contribution is 7.92. The third kappa shape index (κ3) is 6.26. The molecule has 9 heteroatoms. The fourth-order valence-corrected chi connectivity index (χ4v) is 6.18. The van der Waals surface area contributed by atoms with Crippen LogP contribution in [0.25, 0.3) is 0 Å². The van der Waals surface area contributed by atoms with Gasteiger partial charge in [-0.15, -0.1) is 0 Å². The van der Waals surface area contributed by atoms with Crippen molar-refractivity contribution in [1.29, 1.82) is 0 Å². The fourth-order valence-electron chi connectivity index (χ4n) is 3.14. The van der Waals surface area contributed by atoms with Crippen LogP contribution in [-0.2, 0) is 30.1 Å². The minimum Gasteiger partial charge on any atom is -0.340 e. The molecule has 1 saturated heterocycles. The van der Waals surface area contributed by atoms with Gasteiger partial charge < -0.3 is 4.90 Å². The summed E-state index contributed by atoms with van der Waals surface area (Å²) in [4.78, 5) is 13.8. The van der Waals surface area contributed by atoms with E-state index in [-0.39, 0.29) is 53.9 Å². The quantitative estimate of drug-likeness (QED) is 0.660.